The Hall–Kier alpha value is -3.87. The summed E-state index contributed by atoms with van der Waals surface area (Å²) in [5, 5.41) is 4.54. The standard InChI is InChI=1S/C36H34Cl2N2O4/c37-27-13-9-24(10-14-27)19-29(39-36(43)34-21-32(41)31-16-15-28(38)20-33(31)44-34)18-23-7-11-25(12-8-23)30-5-2-1-4-26(30)22-40-17-3-6-35(40)42/h1-2,4-5,9-10,13-16,18,20-21,25,29H,3,6-8,11-12,17,19,22H2,(H,39,43)/t25?,29-/m0/s1. The van der Waals surface area contributed by atoms with Crippen molar-refractivity contribution in [3.63, 3.8) is 0 Å². The van der Waals surface area contributed by atoms with Gasteiger partial charge in [0.2, 0.25) is 5.91 Å². The van der Waals surface area contributed by atoms with Gasteiger partial charge in [-0.3, -0.25) is 14.4 Å². The molecule has 1 aromatic heterocycles. The number of halogens is 2. The Bertz CT molecular complexity index is 1770. The number of nitrogens with zero attached hydrogens (tertiary/aromatic N) is 1. The van der Waals surface area contributed by atoms with E-state index in [9.17, 15) is 14.4 Å². The molecule has 0 bridgehead atoms. The number of fused-ring (bicyclic) bond motifs is 1. The van der Waals surface area contributed by atoms with Gasteiger partial charge >= 0.3 is 0 Å². The molecule has 0 radical (unpaired) electrons. The van der Waals surface area contributed by atoms with Crippen molar-refractivity contribution >= 4 is 46.0 Å². The molecule has 2 aliphatic rings. The van der Waals surface area contributed by atoms with Gasteiger partial charge in [0.1, 0.15) is 5.58 Å². The Morgan fingerprint density at radius 2 is 1.70 bits per heavy atom. The normalized spacial score (nSPS) is 17.6. The molecule has 1 aliphatic heterocycles. The molecule has 2 fully saturated rings. The highest BCUT2D eigenvalue weighted by Gasteiger charge is 2.25. The van der Waals surface area contributed by atoms with Crippen LogP contribution in [0.4, 0.5) is 0 Å². The van der Waals surface area contributed by atoms with Crippen LogP contribution in [0.5, 0.6) is 0 Å². The first kappa shape index (κ1) is 30.2. The van der Waals surface area contributed by atoms with Gasteiger partial charge in [0, 0.05) is 41.7 Å². The predicted octanol–water partition coefficient (Wildman–Crippen LogP) is 7.85. The number of nitrogens with one attached hydrogen (secondary N) is 1. The first-order chi connectivity index (χ1) is 21.3. The summed E-state index contributed by atoms with van der Waals surface area (Å²) in [6.45, 7) is 1.52. The van der Waals surface area contributed by atoms with Gasteiger partial charge in [0.05, 0.1) is 11.4 Å². The van der Waals surface area contributed by atoms with Crippen molar-refractivity contribution in [3.05, 3.63) is 127 Å². The maximum Gasteiger partial charge on any atom is 0.287 e. The molecule has 6 nitrogen and oxygen atoms in total. The van der Waals surface area contributed by atoms with Gasteiger partial charge in [0.25, 0.3) is 5.91 Å². The summed E-state index contributed by atoms with van der Waals surface area (Å²) in [4.78, 5) is 40.3. The van der Waals surface area contributed by atoms with Crippen molar-refractivity contribution < 1.29 is 14.0 Å². The monoisotopic (exact) mass is 628 g/mol. The van der Waals surface area contributed by atoms with Gasteiger partial charge < -0.3 is 14.6 Å². The molecule has 44 heavy (non-hydrogen) atoms. The van der Waals surface area contributed by atoms with Crippen molar-refractivity contribution in [3.8, 4) is 0 Å². The molecule has 226 valence electrons. The maximum absolute atomic E-state index is 13.4. The summed E-state index contributed by atoms with van der Waals surface area (Å²) >= 11 is 12.2. The molecule has 2 heterocycles. The molecule has 1 aliphatic carbocycles. The van der Waals surface area contributed by atoms with Crippen molar-refractivity contribution in [2.24, 2.45) is 0 Å². The minimum Gasteiger partial charge on any atom is -0.451 e. The second-order valence-corrected chi connectivity index (χ2v) is 12.6. The molecule has 0 unspecified atom stereocenters. The molecule has 0 spiro atoms. The number of hydrogen-bond acceptors (Lipinski definition) is 4. The number of allylic oxidation sites excluding steroid dienone is 1. The lowest BCUT2D eigenvalue weighted by atomic mass is 9.79. The van der Waals surface area contributed by atoms with Crippen molar-refractivity contribution in [2.75, 3.05) is 6.54 Å². The third-order valence-corrected chi connectivity index (χ3v) is 9.18. The van der Waals surface area contributed by atoms with Gasteiger partial charge in [-0.25, -0.2) is 0 Å². The highest BCUT2D eigenvalue weighted by Crippen LogP contribution is 2.37. The van der Waals surface area contributed by atoms with Crippen LogP contribution in [0.15, 0.2) is 93.7 Å². The van der Waals surface area contributed by atoms with Crippen LogP contribution in [0, 0.1) is 0 Å². The zero-order valence-corrected chi connectivity index (χ0v) is 25.9. The average molecular weight is 630 g/mol. The van der Waals surface area contributed by atoms with E-state index in [1.165, 1.54) is 22.8 Å². The quantitative estimate of drug-likeness (QED) is 0.202. The van der Waals surface area contributed by atoms with Crippen LogP contribution < -0.4 is 10.7 Å². The van der Waals surface area contributed by atoms with Crippen LogP contribution in [0.25, 0.3) is 11.0 Å². The topological polar surface area (TPSA) is 79.6 Å². The average Bonchev–Trinajstić information content (AvgIpc) is 3.42. The summed E-state index contributed by atoms with van der Waals surface area (Å²) in [5.41, 5.74) is 4.88. The van der Waals surface area contributed by atoms with Crippen molar-refractivity contribution in [1.82, 2.24) is 10.2 Å². The number of rotatable bonds is 8. The van der Waals surface area contributed by atoms with Gasteiger partial charge in [-0.05, 0) is 85.4 Å². The van der Waals surface area contributed by atoms with Gasteiger partial charge in [-0.2, -0.15) is 0 Å². The van der Waals surface area contributed by atoms with Crippen LogP contribution in [0.1, 0.15) is 71.7 Å². The highest BCUT2D eigenvalue weighted by atomic mass is 35.5. The summed E-state index contributed by atoms with van der Waals surface area (Å²) in [6.07, 6.45) is 8.13. The highest BCUT2D eigenvalue weighted by molar-refractivity contribution is 6.31. The number of hydrogen-bond donors (Lipinski definition) is 1. The minimum absolute atomic E-state index is 0.0546. The van der Waals surface area contributed by atoms with E-state index in [0.717, 1.165) is 44.2 Å². The SMILES string of the molecule is O=C(N[C@@H](C=C1CCC(c2ccccc2CN2CCCC2=O)CC1)Cc1ccc(Cl)cc1)c1cc(=O)c2ccc(Cl)cc2o1. The molecule has 1 N–H and O–H groups in total. The van der Waals surface area contributed by atoms with Gasteiger partial charge in [0.15, 0.2) is 11.2 Å². The van der Waals surface area contributed by atoms with Gasteiger partial charge in [-0.1, -0.05) is 71.2 Å². The lowest BCUT2D eigenvalue weighted by Gasteiger charge is -2.28. The Morgan fingerprint density at radius 3 is 2.45 bits per heavy atom. The lowest BCUT2D eigenvalue weighted by Crippen LogP contribution is -2.36. The molecular weight excluding hydrogens is 595 g/mol. The Morgan fingerprint density at radius 1 is 0.955 bits per heavy atom. The summed E-state index contributed by atoms with van der Waals surface area (Å²) < 4.78 is 5.81. The zero-order valence-electron chi connectivity index (χ0n) is 24.4. The van der Waals surface area contributed by atoms with E-state index in [1.54, 1.807) is 18.2 Å². The summed E-state index contributed by atoms with van der Waals surface area (Å²) in [5.74, 6) is 0.151. The molecule has 1 saturated carbocycles. The van der Waals surface area contributed by atoms with Crippen LogP contribution in [-0.4, -0.2) is 29.3 Å². The van der Waals surface area contributed by atoms with E-state index in [-0.39, 0.29) is 28.7 Å². The fraction of sp³-hybridized carbons (Fsp3) is 0.306. The van der Waals surface area contributed by atoms with E-state index in [1.807, 2.05) is 29.2 Å². The minimum atomic E-state index is -0.459. The van der Waals surface area contributed by atoms with Crippen LogP contribution in [0.2, 0.25) is 10.0 Å². The van der Waals surface area contributed by atoms with Crippen LogP contribution >= 0.6 is 23.2 Å². The number of amides is 2. The summed E-state index contributed by atoms with van der Waals surface area (Å²) in [6, 6.07) is 21.8. The fourth-order valence-electron chi connectivity index (χ4n) is 6.41. The van der Waals surface area contributed by atoms with Crippen LogP contribution in [0.3, 0.4) is 0 Å². The Kier molecular flexibility index (Phi) is 9.20. The summed E-state index contributed by atoms with van der Waals surface area (Å²) in [7, 11) is 0. The van der Waals surface area contributed by atoms with Crippen molar-refractivity contribution in [1.29, 1.82) is 0 Å². The molecule has 1 atom stereocenters. The second-order valence-electron chi connectivity index (χ2n) is 11.7. The molecule has 4 aromatic rings. The fourth-order valence-corrected chi connectivity index (χ4v) is 6.70. The second kappa shape index (κ2) is 13.4. The largest absolute Gasteiger partial charge is 0.451 e. The van der Waals surface area contributed by atoms with E-state index >= 15 is 0 Å². The van der Waals surface area contributed by atoms with E-state index in [0.29, 0.717) is 40.7 Å². The number of carbonyl (C=O) groups excluding carboxylic acids is 2. The molecular formula is C36H34Cl2N2O4. The third kappa shape index (κ3) is 7.09. The van der Waals surface area contributed by atoms with Crippen molar-refractivity contribution in [2.45, 2.75) is 63.5 Å². The third-order valence-electron chi connectivity index (χ3n) is 8.69. The smallest absolute Gasteiger partial charge is 0.287 e. The first-order valence-corrected chi connectivity index (χ1v) is 15.9. The number of likely N-dealkylation sites (tertiary alicyclic amines) is 1. The molecule has 6 rings (SSSR count). The first-order valence-electron chi connectivity index (χ1n) is 15.2. The Labute approximate surface area is 266 Å². The predicted molar refractivity (Wildman–Crippen MR) is 174 cm³/mol. The molecule has 2 amide bonds. The number of carbonyl (C=O) groups is 2. The zero-order chi connectivity index (χ0) is 30.6. The van der Waals surface area contributed by atoms with E-state index in [2.05, 4.69) is 35.7 Å². The molecule has 8 heteroatoms. The van der Waals surface area contributed by atoms with E-state index in [4.69, 9.17) is 27.6 Å². The maximum atomic E-state index is 13.4. The van der Waals surface area contributed by atoms with Crippen LogP contribution in [-0.2, 0) is 17.8 Å². The molecule has 3 aromatic carbocycles. The number of benzene rings is 3. The Balaban J connectivity index is 1.19. The van der Waals surface area contributed by atoms with E-state index < -0.39 is 5.91 Å². The lowest BCUT2D eigenvalue weighted by molar-refractivity contribution is -0.128. The van der Waals surface area contributed by atoms with Gasteiger partial charge in [-0.15, -0.1) is 0 Å². The molecule has 1 saturated heterocycles.